The molecule has 1 amide bonds. The van der Waals surface area contributed by atoms with Crippen LogP contribution in [0.15, 0.2) is 35.7 Å². The molecule has 0 saturated carbocycles. The van der Waals surface area contributed by atoms with E-state index in [1.165, 1.54) is 4.88 Å². The van der Waals surface area contributed by atoms with Crippen molar-refractivity contribution < 1.29 is 9.53 Å². The molecule has 2 rings (SSSR count). The number of hydrogen-bond donors (Lipinski definition) is 2. The summed E-state index contributed by atoms with van der Waals surface area (Å²) in [7, 11) is 1.60. The van der Waals surface area contributed by atoms with E-state index in [1.807, 2.05) is 6.07 Å². The number of carbonyl (C=O) groups excluding carboxylic acids is 1. The van der Waals surface area contributed by atoms with Crippen molar-refractivity contribution in [2.45, 2.75) is 6.42 Å². The SMILES string of the molecule is COc1ccc(C(N)=O)cc1NCCc1cccs1. The Bertz CT molecular complexity index is 553. The minimum atomic E-state index is -0.441. The Morgan fingerprint density at radius 1 is 1.42 bits per heavy atom. The Morgan fingerprint density at radius 3 is 2.89 bits per heavy atom. The van der Waals surface area contributed by atoms with E-state index >= 15 is 0 Å². The van der Waals surface area contributed by atoms with Gasteiger partial charge in [0.1, 0.15) is 5.75 Å². The van der Waals surface area contributed by atoms with Crippen molar-refractivity contribution >= 4 is 22.9 Å². The zero-order valence-corrected chi connectivity index (χ0v) is 11.5. The second-order valence-corrected chi connectivity index (χ2v) is 5.07. The van der Waals surface area contributed by atoms with Crippen LogP contribution in [0.25, 0.3) is 0 Å². The zero-order valence-electron chi connectivity index (χ0n) is 10.7. The quantitative estimate of drug-likeness (QED) is 0.852. The van der Waals surface area contributed by atoms with E-state index < -0.39 is 5.91 Å². The Kier molecular flexibility index (Phi) is 4.41. The van der Waals surface area contributed by atoms with Crippen LogP contribution in [0, 0.1) is 0 Å². The summed E-state index contributed by atoms with van der Waals surface area (Å²) in [6.07, 6.45) is 0.932. The second-order valence-electron chi connectivity index (χ2n) is 4.04. The number of anilines is 1. The highest BCUT2D eigenvalue weighted by molar-refractivity contribution is 7.09. The van der Waals surface area contributed by atoms with Crippen molar-refractivity contribution in [2.75, 3.05) is 19.0 Å². The van der Waals surface area contributed by atoms with E-state index in [9.17, 15) is 4.79 Å². The highest BCUT2D eigenvalue weighted by Crippen LogP contribution is 2.25. The van der Waals surface area contributed by atoms with Crippen LogP contribution in [0.1, 0.15) is 15.2 Å². The third-order valence-corrected chi connectivity index (χ3v) is 3.69. The first-order valence-electron chi connectivity index (χ1n) is 5.95. The molecule has 4 nitrogen and oxygen atoms in total. The Morgan fingerprint density at radius 2 is 2.26 bits per heavy atom. The van der Waals surface area contributed by atoms with Crippen LogP contribution in [-0.4, -0.2) is 19.6 Å². The highest BCUT2D eigenvalue weighted by Gasteiger charge is 2.07. The molecule has 19 heavy (non-hydrogen) atoms. The average Bonchev–Trinajstić information content (AvgIpc) is 2.91. The van der Waals surface area contributed by atoms with Gasteiger partial charge in [-0.15, -0.1) is 11.3 Å². The van der Waals surface area contributed by atoms with Crippen molar-refractivity contribution in [1.82, 2.24) is 0 Å². The number of nitrogens with two attached hydrogens (primary N) is 1. The van der Waals surface area contributed by atoms with Gasteiger partial charge in [0.05, 0.1) is 12.8 Å². The van der Waals surface area contributed by atoms with Gasteiger partial charge in [0.15, 0.2) is 0 Å². The van der Waals surface area contributed by atoms with Gasteiger partial charge in [-0.25, -0.2) is 0 Å². The summed E-state index contributed by atoms with van der Waals surface area (Å²) in [6.45, 7) is 0.777. The normalized spacial score (nSPS) is 10.2. The van der Waals surface area contributed by atoms with Crippen LogP contribution < -0.4 is 15.8 Å². The van der Waals surface area contributed by atoms with E-state index in [0.29, 0.717) is 11.3 Å². The number of benzene rings is 1. The van der Waals surface area contributed by atoms with Gasteiger partial charge in [-0.1, -0.05) is 6.07 Å². The Balaban J connectivity index is 2.04. The number of primary amides is 1. The fourth-order valence-corrected chi connectivity index (χ4v) is 2.48. The third-order valence-electron chi connectivity index (χ3n) is 2.75. The van der Waals surface area contributed by atoms with Gasteiger partial charge in [-0.3, -0.25) is 4.79 Å². The number of rotatable bonds is 6. The summed E-state index contributed by atoms with van der Waals surface area (Å²) in [4.78, 5) is 12.5. The molecule has 0 saturated heterocycles. The molecule has 0 radical (unpaired) electrons. The topological polar surface area (TPSA) is 64.3 Å². The maximum atomic E-state index is 11.2. The number of nitrogens with one attached hydrogen (secondary N) is 1. The Hall–Kier alpha value is -2.01. The smallest absolute Gasteiger partial charge is 0.248 e. The fourth-order valence-electron chi connectivity index (χ4n) is 1.77. The van der Waals surface area contributed by atoms with Gasteiger partial charge in [0, 0.05) is 17.0 Å². The van der Waals surface area contributed by atoms with Gasteiger partial charge in [-0.2, -0.15) is 0 Å². The molecule has 100 valence electrons. The van der Waals surface area contributed by atoms with E-state index in [-0.39, 0.29) is 0 Å². The number of thiophene rings is 1. The number of ether oxygens (including phenoxy) is 1. The molecule has 0 atom stereocenters. The molecule has 0 aliphatic rings. The molecule has 5 heteroatoms. The van der Waals surface area contributed by atoms with Crippen molar-refractivity contribution in [2.24, 2.45) is 5.73 Å². The second kappa shape index (κ2) is 6.24. The summed E-state index contributed by atoms with van der Waals surface area (Å²) < 4.78 is 5.26. The summed E-state index contributed by atoms with van der Waals surface area (Å²) in [5, 5.41) is 5.33. The number of carbonyl (C=O) groups is 1. The molecule has 1 aromatic heterocycles. The molecule has 2 aromatic rings. The molecule has 1 heterocycles. The van der Waals surface area contributed by atoms with Crippen molar-refractivity contribution in [3.8, 4) is 5.75 Å². The monoisotopic (exact) mass is 276 g/mol. The molecular formula is C14H16N2O2S. The lowest BCUT2D eigenvalue weighted by atomic mass is 10.1. The molecule has 3 N–H and O–H groups in total. The van der Waals surface area contributed by atoms with Crippen LogP contribution >= 0.6 is 11.3 Å². The van der Waals surface area contributed by atoms with Crippen LogP contribution in [-0.2, 0) is 6.42 Å². The molecule has 1 aromatic carbocycles. The number of amides is 1. The standard InChI is InChI=1S/C14H16N2O2S/c1-18-13-5-4-10(14(15)17)9-12(13)16-7-6-11-3-2-8-19-11/h2-5,8-9,16H,6-7H2,1H3,(H2,15,17). The summed E-state index contributed by atoms with van der Waals surface area (Å²) >= 11 is 1.73. The molecule has 0 aliphatic heterocycles. The minimum absolute atomic E-state index is 0.441. The molecular weight excluding hydrogens is 260 g/mol. The molecule has 0 fully saturated rings. The predicted octanol–water partition coefficient (Wildman–Crippen LogP) is 2.51. The predicted molar refractivity (Wildman–Crippen MR) is 78.0 cm³/mol. The molecule has 0 bridgehead atoms. The molecule has 0 aliphatic carbocycles. The first kappa shape index (κ1) is 13.4. The first-order valence-corrected chi connectivity index (χ1v) is 6.83. The minimum Gasteiger partial charge on any atom is -0.495 e. The number of methoxy groups -OCH3 is 1. The summed E-state index contributed by atoms with van der Waals surface area (Å²) in [5.41, 5.74) is 6.53. The summed E-state index contributed by atoms with van der Waals surface area (Å²) in [6, 6.07) is 9.26. The molecule has 0 spiro atoms. The number of hydrogen-bond acceptors (Lipinski definition) is 4. The van der Waals surface area contributed by atoms with Crippen LogP contribution in [0.2, 0.25) is 0 Å². The van der Waals surface area contributed by atoms with E-state index in [4.69, 9.17) is 10.5 Å². The van der Waals surface area contributed by atoms with E-state index in [0.717, 1.165) is 18.7 Å². The van der Waals surface area contributed by atoms with E-state index in [2.05, 4.69) is 16.8 Å². The van der Waals surface area contributed by atoms with Gasteiger partial charge >= 0.3 is 0 Å². The highest BCUT2D eigenvalue weighted by atomic mass is 32.1. The lowest BCUT2D eigenvalue weighted by Crippen LogP contribution is -2.12. The van der Waals surface area contributed by atoms with Crippen LogP contribution in [0.4, 0.5) is 5.69 Å². The van der Waals surface area contributed by atoms with Gasteiger partial charge in [0.2, 0.25) is 5.91 Å². The zero-order chi connectivity index (χ0) is 13.7. The van der Waals surface area contributed by atoms with Crippen molar-refractivity contribution in [1.29, 1.82) is 0 Å². The molecule has 0 unspecified atom stereocenters. The lowest BCUT2D eigenvalue weighted by Gasteiger charge is -2.11. The van der Waals surface area contributed by atoms with Crippen LogP contribution in [0.5, 0.6) is 5.75 Å². The maximum Gasteiger partial charge on any atom is 0.248 e. The fraction of sp³-hybridized carbons (Fsp3) is 0.214. The van der Waals surface area contributed by atoms with Gasteiger partial charge in [-0.05, 0) is 36.1 Å². The van der Waals surface area contributed by atoms with Gasteiger partial charge < -0.3 is 15.8 Å². The Labute approximate surface area is 116 Å². The van der Waals surface area contributed by atoms with Gasteiger partial charge in [0.25, 0.3) is 0 Å². The first-order chi connectivity index (χ1) is 9.20. The largest absolute Gasteiger partial charge is 0.495 e. The lowest BCUT2D eigenvalue weighted by molar-refractivity contribution is 0.100. The van der Waals surface area contributed by atoms with Crippen molar-refractivity contribution in [3.63, 3.8) is 0 Å². The van der Waals surface area contributed by atoms with Crippen molar-refractivity contribution in [3.05, 3.63) is 46.2 Å². The van der Waals surface area contributed by atoms with E-state index in [1.54, 1.807) is 36.6 Å². The van der Waals surface area contributed by atoms with Crippen LogP contribution in [0.3, 0.4) is 0 Å². The third kappa shape index (κ3) is 3.48. The maximum absolute atomic E-state index is 11.2. The average molecular weight is 276 g/mol. The summed E-state index contributed by atoms with van der Waals surface area (Å²) in [5.74, 6) is 0.264.